The minimum Gasteiger partial charge on any atom is -0.463 e. The lowest BCUT2D eigenvalue weighted by atomic mass is 9.94. The van der Waals surface area contributed by atoms with Gasteiger partial charge in [-0.05, 0) is 25.8 Å². The molecular weight excluding hydrogens is 372 g/mol. The summed E-state index contributed by atoms with van der Waals surface area (Å²) >= 11 is 0. The number of carbonyl (C=O) groups excluding carboxylic acids is 2. The molecule has 2 atom stereocenters. The van der Waals surface area contributed by atoms with Gasteiger partial charge < -0.3 is 10.1 Å². The molecule has 2 rings (SSSR count). The van der Waals surface area contributed by atoms with Gasteiger partial charge in [0.1, 0.15) is 0 Å². The van der Waals surface area contributed by atoms with Crippen LogP contribution in [0.2, 0.25) is 0 Å². The largest absolute Gasteiger partial charge is 0.463 e. The molecule has 0 heterocycles. The molecule has 7 heteroatoms. The van der Waals surface area contributed by atoms with Crippen LogP contribution in [0.15, 0.2) is 54.6 Å². The van der Waals surface area contributed by atoms with E-state index in [0.29, 0.717) is 6.42 Å². The van der Waals surface area contributed by atoms with Crippen molar-refractivity contribution in [3.63, 3.8) is 0 Å². The number of nitrogens with zero attached hydrogens (tertiary/aromatic N) is 1. The number of ether oxygens (including phenoxy) is 1. The Balaban J connectivity index is 2.33. The number of para-hydroxylation sites is 1. The number of rotatable bonds is 9. The third-order valence-electron chi connectivity index (χ3n) is 4.49. The zero-order chi connectivity index (χ0) is 21.4. The molecule has 1 N–H and O–H groups in total. The first-order valence-corrected chi connectivity index (χ1v) is 9.61. The molecule has 0 bridgehead atoms. The van der Waals surface area contributed by atoms with Gasteiger partial charge in [-0.1, -0.05) is 55.5 Å². The Morgan fingerprint density at radius 2 is 1.69 bits per heavy atom. The van der Waals surface area contributed by atoms with E-state index < -0.39 is 22.9 Å². The maximum atomic E-state index is 13.0. The number of hydrogen-bond acceptors (Lipinski definition) is 5. The van der Waals surface area contributed by atoms with Gasteiger partial charge in [-0.25, -0.2) is 0 Å². The van der Waals surface area contributed by atoms with E-state index in [2.05, 4.69) is 5.32 Å². The molecule has 0 fully saturated rings. The minimum atomic E-state index is -0.867. The molecule has 0 aliphatic carbocycles. The van der Waals surface area contributed by atoms with Crippen molar-refractivity contribution in [1.82, 2.24) is 5.32 Å². The molecule has 7 nitrogen and oxygen atoms in total. The van der Waals surface area contributed by atoms with Crippen molar-refractivity contribution in [2.75, 3.05) is 0 Å². The molecule has 154 valence electrons. The molecule has 2 aromatic rings. The van der Waals surface area contributed by atoms with Crippen LogP contribution in [-0.4, -0.2) is 22.9 Å². The van der Waals surface area contributed by atoms with E-state index in [0.717, 1.165) is 5.56 Å². The van der Waals surface area contributed by atoms with Gasteiger partial charge in [-0.2, -0.15) is 0 Å². The molecule has 0 aliphatic heterocycles. The highest BCUT2D eigenvalue weighted by molar-refractivity contribution is 5.84. The Hall–Kier alpha value is -3.22. The van der Waals surface area contributed by atoms with Crippen LogP contribution in [0.5, 0.6) is 0 Å². The second kappa shape index (κ2) is 10.4. The number of benzene rings is 2. The third kappa shape index (κ3) is 6.14. The summed E-state index contributed by atoms with van der Waals surface area (Å²) in [6, 6.07) is 14.5. The second-order valence-electron chi connectivity index (χ2n) is 6.99. The summed E-state index contributed by atoms with van der Waals surface area (Å²) in [4.78, 5) is 36.2. The number of carbonyl (C=O) groups is 2. The normalized spacial score (nSPS) is 12.8. The predicted octanol–water partition coefficient (Wildman–Crippen LogP) is 4.29. The fourth-order valence-electron chi connectivity index (χ4n) is 3.20. The summed E-state index contributed by atoms with van der Waals surface area (Å²) in [5.41, 5.74) is 0.968. The standard InChI is InChI=1S/C22H26N2O5/c1-4-17(16-10-6-5-7-11-16)22(26)23-19(14-21(25)29-15(2)3)18-12-8-9-13-20(18)24(27)28/h5-13,15,17,19H,4,14H2,1-3H3,(H,23,26). The summed E-state index contributed by atoms with van der Waals surface area (Å²) in [5, 5.41) is 14.3. The predicted molar refractivity (Wildman–Crippen MR) is 109 cm³/mol. The van der Waals surface area contributed by atoms with Gasteiger partial charge in [0, 0.05) is 6.07 Å². The lowest BCUT2D eigenvalue weighted by Gasteiger charge is -2.23. The van der Waals surface area contributed by atoms with Gasteiger partial charge in [-0.3, -0.25) is 19.7 Å². The van der Waals surface area contributed by atoms with Gasteiger partial charge in [-0.15, -0.1) is 0 Å². The van der Waals surface area contributed by atoms with Crippen LogP contribution in [0, 0.1) is 10.1 Å². The summed E-state index contributed by atoms with van der Waals surface area (Å²) in [7, 11) is 0. The number of nitro groups is 1. The summed E-state index contributed by atoms with van der Waals surface area (Å²) in [5.74, 6) is -1.25. The van der Waals surface area contributed by atoms with Crippen molar-refractivity contribution in [3.05, 3.63) is 75.8 Å². The van der Waals surface area contributed by atoms with Crippen molar-refractivity contribution >= 4 is 17.6 Å². The summed E-state index contributed by atoms with van der Waals surface area (Å²) in [6.45, 7) is 5.34. The molecule has 0 radical (unpaired) electrons. The van der Waals surface area contributed by atoms with E-state index in [4.69, 9.17) is 4.74 Å². The maximum Gasteiger partial charge on any atom is 0.308 e. The minimum absolute atomic E-state index is 0.150. The fourth-order valence-corrected chi connectivity index (χ4v) is 3.20. The van der Waals surface area contributed by atoms with Crippen molar-refractivity contribution < 1.29 is 19.2 Å². The Bertz CT molecular complexity index is 851. The van der Waals surface area contributed by atoms with Crippen LogP contribution in [0.25, 0.3) is 0 Å². The monoisotopic (exact) mass is 398 g/mol. The molecule has 0 aromatic heterocycles. The lowest BCUT2D eigenvalue weighted by molar-refractivity contribution is -0.385. The van der Waals surface area contributed by atoms with E-state index in [9.17, 15) is 19.7 Å². The average Bonchev–Trinajstić information content (AvgIpc) is 2.68. The van der Waals surface area contributed by atoms with Crippen LogP contribution in [0.4, 0.5) is 5.69 Å². The fraction of sp³-hybridized carbons (Fsp3) is 0.364. The molecule has 29 heavy (non-hydrogen) atoms. The van der Waals surface area contributed by atoms with E-state index in [1.807, 2.05) is 37.3 Å². The number of nitrogens with one attached hydrogen (secondary N) is 1. The molecule has 0 spiro atoms. The van der Waals surface area contributed by atoms with Crippen molar-refractivity contribution in [3.8, 4) is 0 Å². The Kier molecular flexibility index (Phi) is 7.88. The molecule has 0 aliphatic rings. The molecule has 1 amide bonds. The lowest BCUT2D eigenvalue weighted by Crippen LogP contribution is -2.35. The van der Waals surface area contributed by atoms with Gasteiger partial charge in [0.05, 0.1) is 35.0 Å². The van der Waals surface area contributed by atoms with E-state index in [-0.39, 0.29) is 29.7 Å². The first-order valence-electron chi connectivity index (χ1n) is 9.61. The molecule has 0 saturated heterocycles. The van der Waals surface area contributed by atoms with Crippen molar-refractivity contribution in [2.24, 2.45) is 0 Å². The van der Waals surface area contributed by atoms with Gasteiger partial charge >= 0.3 is 5.97 Å². The maximum absolute atomic E-state index is 13.0. The topological polar surface area (TPSA) is 98.5 Å². The van der Waals surface area contributed by atoms with Crippen LogP contribution in [-0.2, 0) is 14.3 Å². The smallest absolute Gasteiger partial charge is 0.308 e. The number of nitro benzene ring substituents is 1. The van der Waals surface area contributed by atoms with Gasteiger partial charge in [0.2, 0.25) is 5.91 Å². The molecular formula is C22H26N2O5. The van der Waals surface area contributed by atoms with Crippen LogP contribution >= 0.6 is 0 Å². The van der Waals surface area contributed by atoms with E-state index in [1.54, 1.807) is 32.0 Å². The highest BCUT2D eigenvalue weighted by Crippen LogP contribution is 2.29. The van der Waals surface area contributed by atoms with Crippen LogP contribution < -0.4 is 5.32 Å². The highest BCUT2D eigenvalue weighted by atomic mass is 16.6. The first-order chi connectivity index (χ1) is 13.8. The number of amides is 1. The molecule has 2 aromatic carbocycles. The van der Waals surface area contributed by atoms with Crippen LogP contribution in [0.1, 0.15) is 56.7 Å². The van der Waals surface area contributed by atoms with Crippen molar-refractivity contribution in [2.45, 2.75) is 51.7 Å². The van der Waals surface area contributed by atoms with E-state index >= 15 is 0 Å². The highest BCUT2D eigenvalue weighted by Gasteiger charge is 2.29. The SMILES string of the molecule is CCC(C(=O)NC(CC(=O)OC(C)C)c1ccccc1[N+](=O)[O-])c1ccccc1. The average molecular weight is 398 g/mol. The number of esters is 1. The number of hydrogen-bond donors (Lipinski definition) is 1. The Morgan fingerprint density at radius 3 is 2.28 bits per heavy atom. The zero-order valence-corrected chi connectivity index (χ0v) is 16.8. The molecule has 2 unspecified atom stereocenters. The van der Waals surface area contributed by atoms with Crippen molar-refractivity contribution in [1.29, 1.82) is 0 Å². The summed E-state index contributed by atoms with van der Waals surface area (Å²) in [6.07, 6.45) is 0.0351. The van der Waals surface area contributed by atoms with Gasteiger partial charge in [0.15, 0.2) is 0 Å². The van der Waals surface area contributed by atoms with Crippen LogP contribution in [0.3, 0.4) is 0 Å². The van der Waals surface area contributed by atoms with E-state index in [1.165, 1.54) is 6.07 Å². The Morgan fingerprint density at radius 1 is 1.07 bits per heavy atom. The van der Waals surface area contributed by atoms with Gasteiger partial charge in [0.25, 0.3) is 5.69 Å². The second-order valence-corrected chi connectivity index (χ2v) is 6.99. The Labute approximate surface area is 170 Å². The zero-order valence-electron chi connectivity index (χ0n) is 16.8. The summed E-state index contributed by atoms with van der Waals surface area (Å²) < 4.78 is 5.20. The first kappa shape index (κ1) is 22.1. The quantitative estimate of drug-likeness (QED) is 0.386. The molecule has 0 saturated carbocycles. The third-order valence-corrected chi connectivity index (χ3v) is 4.49.